The van der Waals surface area contributed by atoms with Gasteiger partial charge in [0.2, 0.25) is 0 Å². The van der Waals surface area contributed by atoms with Crippen molar-refractivity contribution in [2.24, 2.45) is 0 Å². The molecular weight excluding hydrogens is 721 g/mol. The van der Waals surface area contributed by atoms with Crippen LogP contribution in [0, 0.1) is 0 Å². The largest absolute Gasteiger partial charge is 0.455 e. The molecule has 0 radical (unpaired) electrons. The minimum absolute atomic E-state index is 0.914. The third kappa shape index (κ3) is 5.37. The molecule has 2 heteroatoms. The van der Waals surface area contributed by atoms with Crippen molar-refractivity contribution in [3.63, 3.8) is 0 Å². The summed E-state index contributed by atoms with van der Waals surface area (Å²) in [6, 6.07) is 55.0. The molecule has 274 valence electrons. The second-order valence-corrected chi connectivity index (χ2v) is 16.1. The van der Waals surface area contributed by atoms with Gasteiger partial charge in [0, 0.05) is 41.9 Å². The molecule has 0 N–H and O–H groups in total. The molecule has 0 amide bonds. The number of benzene rings is 8. The fourth-order valence-electron chi connectivity index (χ4n) is 9.17. The van der Waals surface area contributed by atoms with E-state index in [9.17, 15) is 0 Å². The summed E-state index contributed by atoms with van der Waals surface area (Å²) < 4.78 is 9.28. The van der Waals surface area contributed by atoms with E-state index in [0.29, 0.717) is 0 Å². The Bertz CT molecular complexity index is 3550. The minimum Gasteiger partial charge on any atom is -0.455 e. The first-order chi connectivity index (χ1) is 28.7. The number of fused-ring (bicyclic) bond motifs is 11. The Morgan fingerprint density at radius 3 is 2.05 bits per heavy atom. The molecule has 0 fully saturated rings. The summed E-state index contributed by atoms with van der Waals surface area (Å²) in [5, 5.41) is 12.0. The van der Waals surface area contributed by atoms with E-state index in [1.165, 1.54) is 63.8 Å². The van der Waals surface area contributed by atoms with Gasteiger partial charge < -0.3 is 4.42 Å². The van der Waals surface area contributed by atoms with Crippen LogP contribution in [-0.2, 0) is 0 Å². The van der Waals surface area contributed by atoms with Crippen molar-refractivity contribution in [2.45, 2.75) is 12.8 Å². The highest BCUT2D eigenvalue weighted by molar-refractivity contribution is 7.26. The molecule has 1 nitrogen and oxygen atoms in total. The maximum atomic E-state index is 6.70. The second kappa shape index (κ2) is 13.9. The van der Waals surface area contributed by atoms with Crippen molar-refractivity contribution < 1.29 is 4.42 Å². The zero-order chi connectivity index (χ0) is 38.7. The zero-order valence-electron chi connectivity index (χ0n) is 32.0. The fraction of sp³-hybridized carbons (Fsp3) is 0.0357. The molecule has 0 saturated heterocycles. The lowest BCUT2D eigenvalue weighted by molar-refractivity contribution is 0.672. The molecule has 0 aliphatic heterocycles. The lowest BCUT2D eigenvalue weighted by atomic mass is 9.87. The summed E-state index contributed by atoms with van der Waals surface area (Å²) in [5.41, 5.74) is 11.0. The molecule has 2 heterocycles. The van der Waals surface area contributed by atoms with Gasteiger partial charge in [-0.15, -0.1) is 11.3 Å². The summed E-state index contributed by atoms with van der Waals surface area (Å²) in [5.74, 6) is 0. The summed E-state index contributed by atoms with van der Waals surface area (Å²) in [4.78, 5) is 0. The van der Waals surface area contributed by atoms with E-state index < -0.39 is 0 Å². The van der Waals surface area contributed by atoms with Gasteiger partial charge in [0.15, 0.2) is 0 Å². The highest BCUT2D eigenvalue weighted by Crippen LogP contribution is 2.48. The minimum atomic E-state index is 0.914. The van der Waals surface area contributed by atoms with Gasteiger partial charge in [0.05, 0.1) is 0 Å². The maximum absolute atomic E-state index is 6.70. The Morgan fingerprint density at radius 2 is 1.21 bits per heavy atom. The van der Waals surface area contributed by atoms with Crippen LogP contribution in [0.2, 0.25) is 0 Å². The number of hydrogen-bond donors (Lipinski definition) is 0. The quantitative estimate of drug-likeness (QED) is 0.170. The third-order valence-electron chi connectivity index (χ3n) is 11.9. The van der Waals surface area contributed by atoms with Crippen LogP contribution in [-0.4, -0.2) is 0 Å². The summed E-state index contributed by atoms with van der Waals surface area (Å²) in [6.07, 6.45) is 13.0. The van der Waals surface area contributed by atoms with Gasteiger partial charge in [-0.1, -0.05) is 171 Å². The van der Waals surface area contributed by atoms with Gasteiger partial charge in [-0.2, -0.15) is 0 Å². The molecule has 58 heavy (non-hydrogen) atoms. The van der Waals surface area contributed by atoms with Crippen LogP contribution in [0.1, 0.15) is 29.5 Å². The summed E-state index contributed by atoms with van der Waals surface area (Å²) >= 11 is 1.88. The predicted molar refractivity (Wildman–Crippen MR) is 252 cm³/mol. The fourth-order valence-corrected chi connectivity index (χ4v) is 10.4. The maximum Gasteiger partial charge on any atom is 0.143 e. The number of rotatable bonds is 5. The number of furan rings is 1. The Morgan fingerprint density at radius 1 is 0.552 bits per heavy atom. The van der Waals surface area contributed by atoms with Crippen molar-refractivity contribution in [1.82, 2.24) is 0 Å². The van der Waals surface area contributed by atoms with Gasteiger partial charge in [0.1, 0.15) is 11.2 Å². The molecule has 10 aromatic rings. The van der Waals surface area contributed by atoms with Crippen LogP contribution >= 0.6 is 11.3 Å². The van der Waals surface area contributed by atoms with E-state index in [0.717, 1.165) is 67.7 Å². The van der Waals surface area contributed by atoms with Crippen LogP contribution in [0.15, 0.2) is 194 Å². The highest BCUT2D eigenvalue weighted by Gasteiger charge is 2.21. The lowest BCUT2D eigenvalue weighted by Crippen LogP contribution is -2.29. The zero-order valence-corrected chi connectivity index (χ0v) is 32.8. The van der Waals surface area contributed by atoms with Gasteiger partial charge >= 0.3 is 0 Å². The molecule has 0 atom stereocenters. The average molecular weight is 759 g/mol. The van der Waals surface area contributed by atoms with Crippen LogP contribution in [0.4, 0.5) is 0 Å². The van der Waals surface area contributed by atoms with Gasteiger partial charge in [-0.3, -0.25) is 0 Å². The van der Waals surface area contributed by atoms with Crippen LogP contribution < -0.4 is 10.4 Å². The Kier molecular flexibility index (Phi) is 8.20. The van der Waals surface area contributed by atoms with Crippen molar-refractivity contribution in [1.29, 1.82) is 0 Å². The first kappa shape index (κ1) is 34.3. The van der Waals surface area contributed by atoms with Gasteiger partial charge in [-0.05, 0) is 103 Å². The molecule has 2 aromatic heterocycles. The number of allylic oxidation sites excluding steroid dienone is 5. The highest BCUT2D eigenvalue weighted by atomic mass is 32.1. The van der Waals surface area contributed by atoms with Crippen molar-refractivity contribution >= 4 is 97.8 Å². The molecular formula is C56H38OS. The van der Waals surface area contributed by atoms with Gasteiger partial charge in [0.25, 0.3) is 0 Å². The topological polar surface area (TPSA) is 13.1 Å². The first-order valence-corrected chi connectivity index (χ1v) is 20.8. The monoisotopic (exact) mass is 758 g/mol. The number of hydrogen-bond acceptors (Lipinski definition) is 2. The van der Waals surface area contributed by atoms with E-state index in [-0.39, 0.29) is 0 Å². The molecule has 0 bridgehead atoms. The lowest BCUT2D eigenvalue weighted by Gasteiger charge is -2.16. The van der Waals surface area contributed by atoms with E-state index in [1.807, 2.05) is 17.4 Å². The molecule has 1 aliphatic rings. The smallest absolute Gasteiger partial charge is 0.143 e. The van der Waals surface area contributed by atoms with E-state index >= 15 is 0 Å². The van der Waals surface area contributed by atoms with Gasteiger partial charge in [-0.25, -0.2) is 0 Å². The molecule has 0 spiro atoms. The first-order valence-electron chi connectivity index (χ1n) is 20.0. The molecule has 11 rings (SSSR count). The number of para-hydroxylation sites is 1. The van der Waals surface area contributed by atoms with Crippen LogP contribution in [0.3, 0.4) is 0 Å². The van der Waals surface area contributed by atoms with E-state index in [2.05, 4.69) is 183 Å². The third-order valence-corrected chi connectivity index (χ3v) is 13.1. The Balaban J connectivity index is 1.22. The molecule has 0 saturated carbocycles. The standard InChI is InChI=1S/C56H38OS/c1-3-36-18-8-9-19-37(36)35(2)38-20-6-4-5-7-21-41(40-23-11-10-22-39(38)40)44-30-31-45(43-25-13-12-24-42(43)44)51-34-50-47(54-49-27-15-17-29-53(49)58-56(51)54)32-33-48-46-26-14-16-28-52(46)57-55(48)50/h3,6-34H,1-2,4-5H2/b20-6+,21-7+,39-38+,41-40+. The SMILES string of the molecule is C=Cc1ccccc1C(=C)C1=c2\cccc\c2=C(c2ccc(-c3cc4c(ccc5c6ccccc6oc54)c4c3sc3ccccc34)c3ccccc23)\C=C\CC\C=C\1. The van der Waals surface area contributed by atoms with Crippen molar-refractivity contribution in [3.8, 4) is 11.1 Å². The van der Waals surface area contributed by atoms with E-state index in [1.54, 1.807) is 0 Å². The molecule has 8 aromatic carbocycles. The van der Waals surface area contributed by atoms with E-state index in [4.69, 9.17) is 11.0 Å². The Labute approximate surface area is 340 Å². The van der Waals surface area contributed by atoms with Crippen molar-refractivity contribution in [2.75, 3.05) is 0 Å². The van der Waals surface area contributed by atoms with Crippen LogP contribution in [0.25, 0.3) is 97.6 Å². The Hall–Kier alpha value is -7.00. The summed E-state index contributed by atoms with van der Waals surface area (Å²) in [6.45, 7) is 8.81. The summed E-state index contributed by atoms with van der Waals surface area (Å²) in [7, 11) is 0. The normalized spacial score (nSPS) is 16.3. The van der Waals surface area contributed by atoms with Crippen LogP contribution in [0.5, 0.6) is 0 Å². The predicted octanol–water partition coefficient (Wildman–Crippen LogP) is 14.5. The average Bonchev–Trinajstić information content (AvgIpc) is 3.87. The van der Waals surface area contributed by atoms with Crippen molar-refractivity contribution in [3.05, 3.63) is 216 Å². The number of thiophene rings is 1. The molecule has 1 aliphatic carbocycles. The second-order valence-electron chi connectivity index (χ2n) is 15.1. The molecule has 0 unspecified atom stereocenters.